The first-order chi connectivity index (χ1) is 7.96. The molecule has 6 heteroatoms. The Hall–Kier alpha value is -1.14. The molecular weight excluding hydrogens is 220 g/mol. The summed E-state index contributed by atoms with van der Waals surface area (Å²) in [7, 11) is 0. The molecule has 0 amide bonds. The van der Waals surface area contributed by atoms with E-state index in [2.05, 4.69) is 29.4 Å². The fourth-order valence-corrected chi connectivity index (χ4v) is 2.01. The van der Waals surface area contributed by atoms with E-state index in [9.17, 15) is 0 Å². The number of nitrogens with zero attached hydrogens (tertiary/aromatic N) is 2. The van der Waals surface area contributed by atoms with E-state index < -0.39 is 0 Å². The first-order valence-electron chi connectivity index (χ1n) is 5.96. The maximum atomic E-state index is 5.66. The van der Waals surface area contributed by atoms with Crippen LogP contribution in [0.5, 0.6) is 0 Å². The molecule has 6 nitrogen and oxygen atoms in total. The van der Waals surface area contributed by atoms with Crippen LogP contribution in [0.15, 0.2) is 4.42 Å². The molecule has 3 N–H and O–H groups in total. The maximum Gasteiger partial charge on any atom is 0.315 e. The summed E-state index contributed by atoms with van der Waals surface area (Å²) in [6.45, 7) is 6.73. The highest BCUT2D eigenvalue weighted by Gasteiger charge is 2.29. The van der Waals surface area contributed by atoms with E-state index in [-0.39, 0.29) is 11.6 Å². The lowest BCUT2D eigenvalue weighted by molar-refractivity contribution is -0.0555. The van der Waals surface area contributed by atoms with Crippen LogP contribution in [0.2, 0.25) is 0 Å². The molecule has 0 radical (unpaired) electrons. The zero-order chi connectivity index (χ0) is 12.5. The highest BCUT2D eigenvalue weighted by atomic mass is 16.5. The Balaban J connectivity index is 1.95. The van der Waals surface area contributed by atoms with Crippen molar-refractivity contribution in [1.82, 2.24) is 10.2 Å². The smallest absolute Gasteiger partial charge is 0.315 e. The van der Waals surface area contributed by atoms with Gasteiger partial charge in [0.05, 0.1) is 11.6 Å². The molecule has 1 aromatic heterocycles. The molecule has 0 bridgehead atoms. The predicted molar refractivity (Wildman–Crippen MR) is 63.6 cm³/mol. The number of ether oxygens (including phenoxy) is 1. The lowest BCUT2D eigenvalue weighted by Crippen LogP contribution is -2.40. The van der Waals surface area contributed by atoms with E-state index in [1.54, 1.807) is 0 Å². The van der Waals surface area contributed by atoms with E-state index in [4.69, 9.17) is 14.9 Å². The molecule has 0 saturated carbocycles. The summed E-state index contributed by atoms with van der Waals surface area (Å²) >= 11 is 0. The Morgan fingerprint density at radius 1 is 1.47 bits per heavy atom. The first kappa shape index (κ1) is 12.3. The van der Waals surface area contributed by atoms with Gasteiger partial charge in [0.1, 0.15) is 0 Å². The van der Waals surface area contributed by atoms with Crippen molar-refractivity contribution >= 4 is 6.01 Å². The second-order valence-electron chi connectivity index (χ2n) is 5.18. The molecule has 1 aromatic rings. The number of anilines is 1. The molecule has 1 fully saturated rings. The van der Waals surface area contributed by atoms with Crippen molar-refractivity contribution < 1.29 is 9.15 Å². The van der Waals surface area contributed by atoms with Crippen LogP contribution in [0.3, 0.4) is 0 Å². The number of nitrogens with one attached hydrogen (secondary N) is 1. The van der Waals surface area contributed by atoms with Crippen molar-refractivity contribution in [3.8, 4) is 0 Å². The normalized spacial score (nSPS) is 25.5. The molecule has 2 rings (SSSR count). The standard InChI is InChI=1S/C11H20N4O2/c1-7(12)9-14-15-10(17-9)13-8-4-5-16-11(2,3)6-8/h7-8H,4-6,12H2,1-3H3,(H,13,15). The Morgan fingerprint density at radius 3 is 2.82 bits per heavy atom. The third-order valence-corrected chi connectivity index (χ3v) is 2.85. The topological polar surface area (TPSA) is 86.2 Å². The molecule has 0 aromatic carbocycles. The van der Waals surface area contributed by atoms with Crippen LogP contribution in [0.4, 0.5) is 6.01 Å². The maximum absolute atomic E-state index is 5.66. The summed E-state index contributed by atoms with van der Waals surface area (Å²) in [5.74, 6) is 0.457. The van der Waals surface area contributed by atoms with Gasteiger partial charge >= 0.3 is 6.01 Å². The van der Waals surface area contributed by atoms with Crippen molar-refractivity contribution in [1.29, 1.82) is 0 Å². The molecule has 1 saturated heterocycles. The molecular formula is C11H20N4O2. The quantitative estimate of drug-likeness (QED) is 0.831. The Kier molecular flexibility index (Phi) is 3.35. The second-order valence-corrected chi connectivity index (χ2v) is 5.18. The number of aromatic nitrogens is 2. The van der Waals surface area contributed by atoms with Gasteiger partial charge in [-0.05, 0) is 33.6 Å². The summed E-state index contributed by atoms with van der Waals surface area (Å²) in [6, 6.07) is 0.518. The highest BCUT2D eigenvalue weighted by molar-refractivity contribution is 5.20. The van der Waals surface area contributed by atoms with E-state index in [0.29, 0.717) is 17.9 Å². The van der Waals surface area contributed by atoms with Gasteiger partial charge in [-0.25, -0.2) is 0 Å². The van der Waals surface area contributed by atoms with Gasteiger partial charge in [-0.1, -0.05) is 5.10 Å². The van der Waals surface area contributed by atoms with Gasteiger partial charge in [-0.2, -0.15) is 0 Å². The Morgan fingerprint density at radius 2 is 2.24 bits per heavy atom. The van der Waals surface area contributed by atoms with Crippen LogP contribution < -0.4 is 11.1 Å². The van der Waals surface area contributed by atoms with Crippen molar-refractivity contribution in [2.24, 2.45) is 5.73 Å². The molecule has 1 aliphatic heterocycles. The predicted octanol–water partition coefficient (Wildman–Crippen LogP) is 1.46. The fraction of sp³-hybridized carbons (Fsp3) is 0.818. The van der Waals surface area contributed by atoms with Gasteiger partial charge in [-0.15, -0.1) is 5.10 Å². The average molecular weight is 240 g/mol. The van der Waals surface area contributed by atoms with Crippen molar-refractivity contribution in [2.45, 2.75) is 51.3 Å². The third-order valence-electron chi connectivity index (χ3n) is 2.85. The lowest BCUT2D eigenvalue weighted by Gasteiger charge is -2.35. The monoisotopic (exact) mass is 240 g/mol. The lowest BCUT2D eigenvalue weighted by atomic mass is 9.94. The zero-order valence-corrected chi connectivity index (χ0v) is 10.6. The van der Waals surface area contributed by atoms with Gasteiger partial charge in [0.2, 0.25) is 5.89 Å². The molecule has 17 heavy (non-hydrogen) atoms. The first-order valence-corrected chi connectivity index (χ1v) is 5.96. The van der Waals surface area contributed by atoms with E-state index in [1.165, 1.54) is 0 Å². The van der Waals surface area contributed by atoms with Gasteiger partial charge < -0.3 is 20.2 Å². The highest BCUT2D eigenvalue weighted by Crippen LogP contribution is 2.26. The minimum Gasteiger partial charge on any atom is -0.406 e. The van der Waals surface area contributed by atoms with Gasteiger partial charge in [0, 0.05) is 12.6 Å². The van der Waals surface area contributed by atoms with E-state index in [1.807, 2.05) is 6.92 Å². The molecule has 96 valence electrons. The number of nitrogens with two attached hydrogens (primary N) is 1. The summed E-state index contributed by atoms with van der Waals surface area (Å²) in [4.78, 5) is 0. The van der Waals surface area contributed by atoms with Gasteiger partial charge in [-0.3, -0.25) is 0 Å². The van der Waals surface area contributed by atoms with Crippen molar-refractivity contribution in [2.75, 3.05) is 11.9 Å². The molecule has 2 atom stereocenters. The van der Waals surface area contributed by atoms with Crippen LogP contribution in [-0.2, 0) is 4.74 Å². The SMILES string of the molecule is CC(N)c1nnc(NC2CCOC(C)(C)C2)o1. The summed E-state index contributed by atoms with van der Waals surface area (Å²) < 4.78 is 11.1. The fourth-order valence-electron chi connectivity index (χ4n) is 2.01. The van der Waals surface area contributed by atoms with Crippen molar-refractivity contribution in [3.63, 3.8) is 0 Å². The molecule has 0 aliphatic carbocycles. The molecule has 1 aliphatic rings. The summed E-state index contributed by atoms with van der Waals surface area (Å²) in [6.07, 6.45) is 1.86. The molecule has 2 unspecified atom stereocenters. The van der Waals surface area contributed by atoms with Crippen LogP contribution in [0.25, 0.3) is 0 Å². The third kappa shape index (κ3) is 3.17. The average Bonchev–Trinajstić information content (AvgIpc) is 2.64. The van der Waals surface area contributed by atoms with Crippen LogP contribution >= 0.6 is 0 Å². The minimum atomic E-state index is -0.232. The minimum absolute atomic E-state index is 0.0973. The number of hydrogen-bond acceptors (Lipinski definition) is 6. The number of hydrogen-bond donors (Lipinski definition) is 2. The Bertz CT molecular complexity index is 375. The van der Waals surface area contributed by atoms with Gasteiger partial charge in [0.25, 0.3) is 0 Å². The van der Waals surface area contributed by atoms with Crippen molar-refractivity contribution in [3.05, 3.63) is 5.89 Å². The van der Waals surface area contributed by atoms with Crippen LogP contribution in [0.1, 0.15) is 45.5 Å². The molecule has 0 spiro atoms. The summed E-state index contributed by atoms with van der Waals surface area (Å²) in [5, 5.41) is 11.0. The second kappa shape index (κ2) is 4.62. The van der Waals surface area contributed by atoms with Crippen LogP contribution in [-0.4, -0.2) is 28.4 Å². The van der Waals surface area contributed by atoms with E-state index in [0.717, 1.165) is 19.4 Å². The van der Waals surface area contributed by atoms with E-state index >= 15 is 0 Å². The Labute approximate surface area is 101 Å². The summed E-state index contributed by atoms with van der Waals surface area (Å²) in [5.41, 5.74) is 5.56. The van der Waals surface area contributed by atoms with Gasteiger partial charge in [0.15, 0.2) is 0 Å². The molecule has 2 heterocycles. The largest absolute Gasteiger partial charge is 0.406 e. The van der Waals surface area contributed by atoms with Crippen LogP contribution in [0, 0.1) is 0 Å². The zero-order valence-electron chi connectivity index (χ0n) is 10.6. The number of rotatable bonds is 3.